The highest BCUT2D eigenvalue weighted by molar-refractivity contribution is 5.75. The largest absolute Gasteiger partial charge is 0.426 e. The lowest BCUT2D eigenvalue weighted by Gasteiger charge is -2.45. The summed E-state index contributed by atoms with van der Waals surface area (Å²) in [4.78, 5) is 13.1. The molecule has 4 heteroatoms. The van der Waals surface area contributed by atoms with Gasteiger partial charge in [-0.1, -0.05) is 31.1 Å². The van der Waals surface area contributed by atoms with Crippen molar-refractivity contribution in [2.24, 2.45) is 35.5 Å². The van der Waals surface area contributed by atoms with E-state index in [1.54, 1.807) is 0 Å². The average molecular weight is 471 g/mol. The van der Waals surface area contributed by atoms with Crippen molar-refractivity contribution in [3.8, 4) is 5.75 Å². The lowest BCUT2D eigenvalue weighted by molar-refractivity contribution is -0.144. The van der Waals surface area contributed by atoms with Gasteiger partial charge in [-0.25, -0.2) is 8.78 Å². The SMILES string of the molecule is C=CC1CCC(C2CCC3C(CCCC3C(=O)Oc3cc(F)c(CC/C=C/C)c(F)c3)C2)CC1. The summed E-state index contributed by atoms with van der Waals surface area (Å²) in [6.45, 7) is 5.85. The van der Waals surface area contributed by atoms with E-state index in [0.29, 0.717) is 30.6 Å². The van der Waals surface area contributed by atoms with Crippen molar-refractivity contribution in [2.75, 3.05) is 0 Å². The highest BCUT2D eigenvalue weighted by Crippen LogP contribution is 2.50. The molecule has 3 aliphatic carbocycles. The van der Waals surface area contributed by atoms with Crippen molar-refractivity contribution in [1.82, 2.24) is 0 Å². The Morgan fingerprint density at radius 2 is 1.71 bits per heavy atom. The predicted octanol–water partition coefficient (Wildman–Crippen LogP) is 8.20. The van der Waals surface area contributed by atoms with Gasteiger partial charge in [0.05, 0.1) is 5.92 Å². The molecule has 0 aromatic heterocycles. The van der Waals surface area contributed by atoms with Gasteiger partial charge in [-0.15, -0.1) is 6.58 Å². The van der Waals surface area contributed by atoms with Gasteiger partial charge in [0.1, 0.15) is 17.4 Å². The first-order valence-corrected chi connectivity index (χ1v) is 13.4. The van der Waals surface area contributed by atoms with Gasteiger partial charge in [0.25, 0.3) is 0 Å². The van der Waals surface area contributed by atoms with Gasteiger partial charge in [-0.3, -0.25) is 4.79 Å². The molecule has 3 saturated carbocycles. The van der Waals surface area contributed by atoms with Crippen molar-refractivity contribution >= 4 is 5.97 Å². The van der Waals surface area contributed by atoms with Crippen LogP contribution in [-0.4, -0.2) is 5.97 Å². The van der Waals surface area contributed by atoms with Crippen LogP contribution in [-0.2, 0) is 11.2 Å². The third-order valence-corrected chi connectivity index (χ3v) is 8.94. The topological polar surface area (TPSA) is 26.3 Å². The molecular weight excluding hydrogens is 430 g/mol. The number of benzene rings is 1. The number of hydrogen-bond donors (Lipinski definition) is 0. The Labute approximate surface area is 203 Å². The van der Waals surface area contributed by atoms with E-state index in [4.69, 9.17) is 4.74 Å². The molecule has 2 nitrogen and oxygen atoms in total. The van der Waals surface area contributed by atoms with Crippen LogP contribution < -0.4 is 4.74 Å². The van der Waals surface area contributed by atoms with Crippen LogP contribution in [0.3, 0.4) is 0 Å². The van der Waals surface area contributed by atoms with Crippen LogP contribution in [0.2, 0.25) is 0 Å². The Morgan fingerprint density at radius 3 is 2.38 bits per heavy atom. The monoisotopic (exact) mass is 470 g/mol. The lowest BCUT2D eigenvalue weighted by Crippen LogP contribution is -2.40. The Balaban J connectivity index is 1.36. The number of halogens is 2. The summed E-state index contributed by atoms with van der Waals surface area (Å²) in [5, 5.41) is 0. The summed E-state index contributed by atoms with van der Waals surface area (Å²) in [7, 11) is 0. The molecule has 0 saturated heterocycles. The zero-order chi connectivity index (χ0) is 24.1. The van der Waals surface area contributed by atoms with Gasteiger partial charge in [-0.2, -0.15) is 0 Å². The minimum Gasteiger partial charge on any atom is -0.426 e. The molecule has 0 spiro atoms. The number of carbonyl (C=O) groups is 1. The average Bonchev–Trinajstić information content (AvgIpc) is 2.85. The number of allylic oxidation sites excluding steroid dienone is 3. The molecule has 0 aliphatic heterocycles. The second-order valence-corrected chi connectivity index (χ2v) is 10.8. The molecule has 3 aliphatic rings. The van der Waals surface area contributed by atoms with E-state index in [2.05, 4.69) is 12.7 Å². The Hall–Kier alpha value is -1.97. The lowest BCUT2D eigenvalue weighted by atomic mass is 9.59. The molecule has 1 aromatic carbocycles. The molecule has 1 aromatic rings. The molecule has 3 fully saturated rings. The fourth-order valence-electron chi connectivity index (χ4n) is 7.04. The van der Waals surface area contributed by atoms with E-state index in [-0.39, 0.29) is 23.2 Å². The second-order valence-electron chi connectivity index (χ2n) is 10.8. The maximum Gasteiger partial charge on any atom is 0.314 e. The van der Waals surface area contributed by atoms with Crippen LogP contribution in [0.1, 0.15) is 83.1 Å². The van der Waals surface area contributed by atoms with E-state index in [0.717, 1.165) is 31.1 Å². The first-order chi connectivity index (χ1) is 16.5. The maximum absolute atomic E-state index is 14.5. The maximum atomic E-state index is 14.5. The number of fused-ring (bicyclic) bond motifs is 1. The van der Waals surface area contributed by atoms with Crippen molar-refractivity contribution in [3.63, 3.8) is 0 Å². The Kier molecular flexibility index (Phi) is 8.60. The molecule has 4 unspecified atom stereocenters. The zero-order valence-corrected chi connectivity index (χ0v) is 20.6. The second kappa shape index (κ2) is 11.6. The van der Waals surface area contributed by atoms with Gasteiger partial charge in [0.2, 0.25) is 0 Å². The molecule has 0 amide bonds. The first-order valence-electron chi connectivity index (χ1n) is 13.4. The number of carbonyl (C=O) groups excluding carboxylic acids is 1. The van der Waals surface area contributed by atoms with E-state index in [9.17, 15) is 13.6 Å². The normalized spacial score (nSPS) is 31.7. The number of hydrogen-bond acceptors (Lipinski definition) is 2. The number of ether oxygens (including phenoxy) is 1. The third kappa shape index (κ3) is 5.80. The Morgan fingerprint density at radius 1 is 1.00 bits per heavy atom. The van der Waals surface area contributed by atoms with Crippen molar-refractivity contribution in [3.05, 3.63) is 54.1 Å². The van der Waals surface area contributed by atoms with Crippen LogP contribution >= 0.6 is 0 Å². The molecule has 0 N–H and O–H groups in total. The zero-order valence-electron chi connectivity index (χ0n) is 20.6. The molecule has 34 heavy (non-hydrogen) atoms. The summed E-state index contributed by atoms with van der Waals surface area (Å²) in [5.41, 5.74) is 0.0519. The van der Waals surface area contributed by atoms with Crippen LogP contribution in [0.15, 0.2) is 36.9 Å². The first kappa shape index (κ1) is 25.1. The molecule has 4 atom stereocenters. The molecule has 0 bridgehead atoms. The minimum atomic E-state index is -0.638. The van der Waals surface area contributed by atoms with E-state index < -0.39 is 11.6 Å². The number of rotatable bonds is 7. The molecule has 0 radical (unpaired) electrons. The summed E-state index contributed by atoms with van der Waals surface area (Å²) < 4.78 is 34.6. The smallest absolute Gasteiger partial charge is 0.314 e. The van der Waals surface area contributed by atoms with Gasteiger partial charge < -0.3 is 4.74 Å². The van der Waals surface area contributed by atoms with Crippen LogP contribution in [0.4, 0.5) is 8.78 Å². The summed E-state index contributed by atoms with van der Waals surface area (Å²) in [5.74, 6) is 1.46. The van der Waals surface area contributed by atoms with E-state index >= 15 is 0 Å². The highest BCUT2D eigenvalue weighted by atomic mass is 19.1. The van der Waals surface area contributed by atoms with Gasteiger partial charge in [-0.05, 0) is 101 Å². The highest BCUT2D eigenvalue weighted by Gasteiger charge is 2.43. The van der Waals surface area contributed by atoms with Gasteiger partial charge >= 0.3 is 5.97 Å². The minimum absolute atomic E-state index is 0.00966. The van der Waals surface area contributed by atoms with E-state index in [1.807, 2.05) is 19.1 Å². The van der Waals surface area contributed by atoms with E-state index in [1.165, 1.54) is 57.1 Å². The molecule has 0 heterocycles. The third-order valence-electron chi connectivity index (χ3n) is 8.94. The van der Waals surface area contributed by atoms with Crippen molar-refractivity contribution in [1.29, 1.82) is 0 Å². The van der Waals surface area contributed by atoms with Crippen LogP contribution in [0.5, 0.6) is 5.75 Å². The van der Waals surface area contributed by atoms with Gasteiger partial charge in [0.15, 0.2) is 0 Å². The fraction of sp³-hybridized carbons (Fsp3) is 0.633. The van der Waals surface area contributed by atoms with Crippen LogP contribution in [0.25, 0.3) is 0 Å². The molecule has 4 rings (SSSR count). The standard InChI is InChI=1S/C30H40F2O2/c1-3-5-6-9-27-28(31)18-24(19-29(27)32)34-30(33)26-10-7-8-23-17-22(15-16-25(23)26)21-13-11-20(4-2)12-14-21/h3-5,18-23,25-26H,2,6-17H2,1H3/b5-3+. The summed E-state index contributed by atoms with van der Waals surface area (Å²) in [6, 6.07) is 2.34. The fourth-order valence-corrected chi connectivity index (χ4v) is 7.04. The molecular formula is C30H40F2O2. The van der Waals surface area contributed by atoms with Gasteiger partial charge in [0, 0.05) is 17.7 Å². The predicted molar refractivity (Wildman–Crippen MR) is 132 cm³/mol. The quantitative estimate of drug-likeness (QED) is 0.228. The number of esters is 1. The van der Waals surface area contributed by atoms with Crippen molar-refractivity contribution in [2.45, 2.75) is 84.0 Å². The Bertz CT molecular complexity index is 861. The summed E-state index contributed by atoms with van der Waals surface area (Å²) >= 11 is 0. The van der Waals surface area contributed by atoms with Crippen LogP contribution in [0, 0.1) is 47.1 Å². The molecule has 186 valence electrons. The summed E-state index contributed by atoms with van der Waals surface area (Å²) in [6.07, 6.45) is 18.4. The van der Waals surface area contributed by atoms with Crippen molar-refractivity contribution < 1.29 is 18.3 Å².